The van der Waals surface area contributed by atoms with Gasteiger partial charge < -0.3 is 14.6 Å². The summed E-state index contributed by atoms with van der Waals surface area (Å²) in [7, 11) is 2.78. The number of hydrogen-bond acceptors (Lipinski definition) is 5. The number of methoxy groups -OCH3 is 2. The molecule has 0 atom stereocenters. The number of nitrogens with one attached hydrogen (secondary N) is 1. The van der Waals surface area contributed by atoms with Crippen LogP contribution in [0.5, 0.6) is 17.2 Å². The lowest BCUT2D eigenvalue weighted by Gasteiger charge is -2.14. The van der Waals surface area contributed by atoms with Crippen molar-refractivity contribution in [2.75, 3.05) is 19.2 Å². The highest BCUT2D eigenvalue weighted by molar-refractivity contribution is 6.33. The molecule has 0 bridgehead atoms. The van der Waals surface area contributed by atoms with E-state index in [0.29, 0.717) is 16.3 Å². The van der Waals surface area contributed by atoms with E-state index in [4.69, 9.17) is 21.1 Å². The van der Waals surface area contributed by atoms with E-state index in [0.717, 1.165) is 5.01 Å². The van der Waals surface area contributed by atoms with Gasteiger partial charge in [0.25, 0.3) is 11.8 Å². The summed E-state index contributed by atoms with van der Waals surface area (Å²) in [4.78, 5) is 24.9. The number of anilines is 1. The van der Waals surface area contributed by atoms with Gasteiger partial charge in [0.2, 0.25) is 5.75 Å². The van der Waals surface area contributed by atoms with Crippen molar-refractivity contribution >= 4 is 35.2 Å². The number of halogens is 1. The molecule has 0 aliphatic carbocycles. The highest BCUT2D eigenvalue weighted by atomic mass is 35.5. The average molecular weight is 375 g/mol. The van der Waals surface area contributed by atoms with Gasteiger partial charge in [0.15, 0.2) is 11.5 Å². The van der Waals surface area contributed by atoms with Crippen LogP contribution in [0.2, 0.25) is 5.02 Å². The minimum Gasteiger partial charge on any atom is -0.502 e. The Kier molecular flexibility index (Phi) is 4.73. The van der Waals surface area contributed by atoms with Crippen LogP contribution in [0.15, 0.2) is 42.0 Å². The second kappa shape index (κ2) is 6.97. The SMILES string of the molecule is COc1cc(/C=C2\C(=O)NN(c3cccc(Cl)c3)C2=O)cc(OC)c1O. The van der Waals surface area contributed by atoms with Crippen LogP contribution in [0.3, 0.4) is 0 Å². The maximum absolute atomic E-state index is 12.6. The number of amides is 2. The number of hydrogen-bond donors (Lipinski definition) is 2. The zero-order valence-electron chi connectivity index (χ0n) is 13.9. The highest BCUT2D eigenvalue weighted by Gasteiger charge is 2.34. The quantitative estimate of drug-likeness (QED) is 0.634. The fourth-order valence-corrected chi connectivity index (χ4v) is 2.70. The Morgan fingerprint density at radius 2 is 1.77 bits per heavy atom. The van der Waals surface area contributed by atoms with Crippen molar-refractivity contribution in [3.8, 4) is 17.2 Å². The number of hydrazine groups is 1. The summed E-state index contributed by atoms with van der Waals surface area (Å²) in [6.45, 7) is 0. The van der Waals surface area contributed by atoms with Crippen LogP contribution < -0.4 is 19.9 Å². The second-order valence-corrected chi connectivity index (χ2v) is 5.83. The first-order valence-electron chi connectivity index (χ1n) is 7.52. The van der Waals surface area contributed by atoms with Crippen molar-refractivity contribution in [3.63, 3.8) is 0 Å². The molecule has 3 rings (SSSR count). The standard InChI is InChI=1S/C18H15ClN2O5/c1-25-14-7-10(8-15(26-2)16(14)22)6-13-17(23)20-21(18(13)24)12-5-3-4-11(19)9-12/h3-9,22H,1-2H3,(H,20,23)/b13-6+. The lowest BCUT2D eigenvalue weighted by Crippen LogP contribution is -2.35. The molecule has 26 heavy (non-hydrogen) atoms. The van der Waals surface area contributed by atoms with E-state index in [2.05, 4.69) is 5.43 Å². The molecule has 0 radical (unpaired) electrons. The summed E-state index contributed by atoms with van der Waals surface area (Å²) in [6, 6.07) is 9.55. The van der Waals surface area contributed by atoms with Gasteiger partial charge in [-0.1, -0.05) is 17.7 Å². The fourth-order valence-electron chi connectivity index (χ4n) is 2.52. The lowest BCUT2D eigenvalue weighted by atomic mass is 10.1. The molecule has 134 valence electrons. The molecule has 1 heterocycles. The number of phenolic OH excluding ortho intramolecular Hbond substituents is 1. The van der Waals surface area contributed by atoms with Gasteiger partial charge in [0, 0.05) is 5.02 Å². The van der Waals surface area contributed by atoms with Gasteiger partial charge in [0.05, 0.1) is 19.9 Å². The first kappa shape index (κ1) is 17.6. The van der Waals surface area contributed by atoms with Gasteiger partial charge in [-0.15, -0.1) is 0 Å². The Morgan fingerprint density at radius 1 is 1.12 bits per heavy atom. The molecule has 0 spiro atoms. The molecule has 0 unspecified atom stereocenters. The number of rotatable bonds is 4. The number of carbonyl (C=O) groups excluding carboxylic acids is 2. The summed E-state index contributed by atoms with van der Waals surface area (Å²) in [5, 5.41) is 11.5. The first-order chi connectivity index (χ1) is 12.4. The second-order valence-electron chi connectivity index (χ2n) is 5.39. The molecule has 1 aliphatic rings. The van der Waals surface area contributed by atoms with E-state index in [1.807, 2.05) is 0 Å². The largest absolute Gasteiger partial charge is 0.502 e. The summed E-state index contributed by atoms with van der Waals surface area (Å²) in [5.74, 6) is -0.924. The van der Waals surface area contributed by atoms with Gasteiger partial charge in [-0.25, -0.2) is 5.01 Å². The van der Waals surface area contributed by atoms with Crippen LogP contribution in [0.25, 0.3) is 6.08 Å². The van der Waals surface area contributed by atoms with Crippen molar-refractivity contribution in [3.05, 3.63) is 52.6 Å². The predicted octanol–water partition coefficient (Wildman–Crippen LogP) is 2.52. The molecule has 2 N–H and O–H groups in total. The Hall–Kier alpha value is -3.19. The predicted molar refractivity (Wildman–Crippen MR) is 96.3 cm³/mol. The number of aromatic hydroxyl groups is 1. The smallest absolute Gasteiger partial charge is 0.282 e. The van der Waals surface area contributed by atoms with Gasteiger partial charge >= 0.3 is 0 Å². The number of phenols is 1. The van der Waals surface area contributed by atoms with Crippen molar-refractivity contribution < 1.29 is 24.2 Å². The van der Waals surface area contributed by atoms with Crippen molar-refractivity contribution in [1.29, 1.82) is 0 Å². The Bertz CT molecular complexity index is 901. The third kappa shape index (κ3) is 3.16. The molecular formula is C18H15ClN2O5. The molecular weight excluding hydrogens is 360 g/mol. The molecule has 2 amide bonds. The van der Waals surface area contributed by atoms with E-state index in [9.17, 15) is 14.7 Å². The summed E-state index contributed by atoms with van der Waals surface area (Å²) >= 11 is 5.94. The zero-order chi connectivity index (χ0) is 18.8. The molecule has 1 saturated heterocycles. The fraction of sp³-hybridized carbons (Fsp3) is 0.111. The van der Waals surface area contributed by atoms with Crippen LogP contribution in [0.4, 0.5) is 5.69 Å². The molecule has 8 heteroatoms. The molecule has 2 aromatic rings. The minimum atomic E-state index is -0.555. The van der Waals surface area contributed by atoms with Crippen LogP contribution >= 0.6 is 11.6 Å². The van der Waals surface area contributed by atoms with Gasteiger partial charge in [0.1, 0.15) is 5.57 Å². The van der Waals surface area contributed by atoms with Gasteiger partial charge in [-0.2, -0.15) is 0 Å². The Labute approximate surface area is 154 Å². The monoisotopic (exact) mass is 374 g/mol. The summed E-state index contributed by atoms with van der Waals surface area (Å²) in [6.07, 6.45) is 1.40. The highest BCUT2D eigenvalue weighted by Crippen LogP contribution is 2.38. The van der Waals surface area contributed by atoms with Crippen molar-refractivity contribution in [1.82, 2.24) is 5.43 Å². The molecule has 1 fully saturated rings. The van der Waals surface area contributed by atoms with Gasteiger partial charge in [-0.3, -0.25) is 15.0 Å². The van der Waals surface area contributed by atoms with E-state index < -0.39 is 11.8 Å². The topological polar surface area (TPSA) is 88.1 Å². The Morgan fingerprint density at radius 3 is 2.35 bits per heavy atom. The number of benzene rings is 2. The zero-order valence-corrected chi connectivity index (χ0v) is 14.7. The first-order valence-corrected chi connectivity index (χ1v) is 7.90. The number of ether oxygens (including phenoxy) is 2. The number of carbonyl (C=O) groups is 2. The third-order valence-electron chi connectivity index (χ3n) is 3.77. The minimum absolute atomic E-state index is 0.0697. The van der Waals surface area contributed by atoms with Crippen LogP contribution in [-0.2, 0) is 9.59 Å². The van der Waals surface area contributed by atoms with Crippen molar-refractivity contribution in [2.45, 2.75) is 0 Å². The van der Waals surface area contributed by atoms with Crippen LogP contribution in [-0.4, -0.2) is 31.1 Å². The average Bonchev–Trinajstić information content (AvgIpc) is 2.91. The third-order valence-corrected chi connectivity index (χ3v) is 4.01. The van der Waals surface area contributed by atoms with E-state index in [-0.39, 0.29) is 22.8 Å². The van der Waals surface area contributed by atoms with Crippen LogP contribution in [0.1, 0.15) is 5.56 Å². The van der Waals surface area contributed by atoms with E-state index in [1.54, 1.807) is 24.3 Å². The van der Waals surface area contributed by atoms with Crippen LogP contribution in [0, 0.1) is 0 Å². The normalized spacial score (nSPS) is 15.3. The van der Waals surface area contributed by atoms with Crippen molar-refractivity contribution in [2.24, 2.45) is 0 Å². The van der Waals surface area contributed by atoms with E-state index >= 15 is 0 Å². The van der Waals surface area contributed by atoms with Gasteiger partial charge in [-0.05, 0) is 42.0 Å². The molecule has 2 aromatic carbocycles. The molecule has 7 nitrogen and oxygen atoms in total. The summed E-state index contributed by atoms with van der Waals surface area (Å²) < 4.78 is 10.2. The molecule has 0 saturated carbocycles. The Balaban J connectivity index is 1.99. The lowest BCUT2D eigenvalue weighted by molar-refractivity contribution is -0.117. The summed E-state index contributed by atoms with van der Waals surface area (Å²) in [5.41, 5.74) is 3.33. The molecule has 1 aliphatic heterocycles. The number of nitrogens with zero attached hydrogens (tertiary/aromatic N) is 1. The maximum Gasteiger partial charge on any atom is 0.282 e. The van der Waals surface area contributed by atoms with E-state index in [1.165, 1.54) is 32.4 Å². The maximum atomic E-state index is 12.6. The molecule has 0 aromatic heterocycles.